The summed E-state index contributed by atoms with van der Waals surface area (Å²) in [5.41, 5.74) is 6.09. The van der Waals surface area contributed by atoms with Gasteiger partial charge in [0, 0.05) is 13.1 Å². The number of nitrogens with zero attached hydrogens (tertiary/aromatic N) is 3. The number of amides is 2. The van der Waals surface area contributed by atoms with Crippen molar-refractivity contribution in [3.63, 3.8) is 0 Å². The lowest BCUT2D eigenvalue weighted by atomic mass is 10.1. The summed E-state index contributed by atoms with van der Waals surface area (Å²) in [6, 6.07) is -1.41. The number of hydrogen-bond donors (Lipinski definition) is 2. The Morgan fingerprint density at radius 3 is 2.76 bits per heavy atom. The van der Waals surface area contributed by atoms with Crippen LogP contribution in [0.5, 0.6) is 0 Å². The number of rotatable bonds is 4. The van der Waals surface area contributed by atoms with Gasteiger partial charge in [-0.15, -0.1) is 4.28 Å². The van der Waals surface area contributed by atoms with Crippen molar-refractivity contribution in [3.8, 4) is 0 Å². The zero-order valence-electron chi connectivity index (χ0n) is 10.6. The minimum Gasteiger partial charge on any atom is -0.329 e. The van der Waals surface area contributed by atoms with Crippen LogP contribution in [0.15, 0.2) is 4.79 Å². The quantitative estimate of drug-likeness (QED) is 0.666. The Bertz CT molecular complexity index is 753. The molecule has 1 aromatic rings. The molecule has 3 N–H and O–H groups in total. The smallest absolute Gasteiger partial charge is 0.329 e. The summed E-state index contributed by atoms with van der Waals surface area (Å²) in [7, 11) is -4.82. The van der Waals surface area contributed by atoms with E-state index in [1.54, 1.807) is 0 Å². The van der Waals surface area contributed by atoms with Gasteiger partial charge in [0.1, 0.15) is 6.04 Å². The van der Waals surface area contributed by atoms with Gasteiger partial charge in [0.2, 0.25) is 0 Å². The van der Waals surface area contributed by atoms with E-state index >= 15 is 0 Å². The zero-order valence-corrected chi connectivity index (χ0v) is 12.3. The van der Waals surface area contributed by atoms with Crippen LogP contribution < -0.4 is 10.6 Å². The van der Waals surface area contributed by atoms with E-state index < -0.39 is 22.5 Å². The van der Waals surface area contributed by atoms with E-state index in [2.05, 4.69) is 4.28 Å². The molecule has 116 valence electrons. The van der Waals surface area contributed by atoms with Gasteiger partial charge < -0.3 is 10.6 Å². The first-order valence-corrected chi connectivity index (χ1v) is 8.17. The fourth-order valence-electron chi connectivity index (χ4n) is 2.55. The van der Waals surface area contributed by atoms with Crippen molar-refractivity contribution in [1.29, 1.82) is 0 Å². The van der Waals surface area contributed by atoms with Crippen LogP contribution in [0.4, 0.5) is 4.79 Å². The molecule has 3 heterocycles. The molecule has 1 atom stereocenters. The molecule has 10 nitrogen and oxygen atoms in total. The number of fused-ring (bicyclic) bond motifs is 4. The highest BCUT2D eigenvalue weighted by molar-refractivity contribution is 7.80. The van der Waals surface area contributed by atoms with Crippen LogP contribution >= 0.6 is 11.3 Å². The summed E-state index contributed by atoms with van der Waals surface area (Å²) in [5, 5.41) is 0.587. The number of thiazole rings is 1. The van der Waals surface area contributed by atoms with Crippen LogP contribution in [-0.4, -0.2) is 46.6 Å². The van der Waals surface area contributed by atoms with Crippen molar-refractivity contribution in [1.82, 2.24) is 14.5 Å². The van der Waals surface area contributed by atoms with Gasteiger partial charge in [0.25, 0.3) is 0 Å². The van der Waals surface area contributed by atoms with Gasteiger partial charge in [-0.1, -0.05) is 11.3 Å². The lowest BCUT2D eigenvalue weighted by Gasteiger charge is -2.22. The van der Waals surface area contributed by atoms with Crippen LogP contribution in [0.3, 0.4) is 0 Å². The second-order valence-electron chi connectivity index (χ2n) is 4.63. The number of hydrogen-bond acceptors (Lipinski definition) is 7. The standard InChI is InChI=1S/C9H12N4O6S2/c10-1-2-12-5-3-11-4-6(7(5)20-9(12)15)13(8(11)14)19-21(16,17)18/h6H,1-4,10H2,(H,16,17,18). The third kappa shape index (κ3) is 2.34. The van der Waals surface area contributed by atoms with Crippen LogP contribution in [0.25, 0.3) is 0 Å². The third-order valence-corrected chi connectivity index (χ3v) is 4.81. The van der Waals surface area contributed by atoms with E-state index in [9.17, 15) is 18.0 Å². The first-order valence-electron chi connectivity index (χ1n) is 5.99. The van der Waals surface area contributed by atoms with Crippen molar-refractivity contribution in [2.24, 2.45) is 5.73 Å². The molecular formula is C9H12N4O6S2. The Morgan fingerprint density at radius 1 is 1.43 bits per heavy atom. The molecule has 2 aliphatic rings. The molecule has 1 aromatic heterocycles. The highest BCUT2D eigenvalue weighted by Crippen LogP contribution is 2.39. The molecule has 0 aromatic carbocycles. The summed E-state index contributed by atoms with van der Waals surface area (Å²) in [6.45, 7) is 0.962. The normalized spacial score (nSPS) is 21.0. The maximum Gasteiger partial charge on any atom is 0.418 e. The predicted octanol–water partition coefficient (Wildman–Crippen LogP) is -1.10. The molecule has 0 radical (unpaired) electrons. The van der Waals surface area contributed by atoms with Gasteiger partial charge in [0.15, 0.2) is 0 Å². The summed E-state index contributed by atoms with van der Waals surface area (Å²) in [4.78, 5) is 25.6. The van der Waals surface area contributed by atoms with E-state index in [1.807, 2.05) is 0 Å². The first kappa shape index (κ1) is 14.5. The van der Waals surface area contributed by atoms with E-state index in [-0.39, 0.29) is 24.5 Å². The Labute approximate surface area is 123 Å². The second-order valence-corrected chi connectivity index (χ2v) is 6.62. The van der Waals surface area contributed by atoms with E-state index in [0.717, 1.165) is 11.3 Å². The summed E-state index contributed by atoms with van der Waals surface area (Å²) >= 11 is 0.923. The third-order valence-electron chi connectivity index (χ3n) is 3.33. The van der Waals surface area contributed by atoms with E-state index in [0.29, 0.717) is 22.2 Å². The average Bonchev–Trinajstić information content (AvgIpc) is 2.82. The van der Waals surface area contributed by atoms with Gasteiger partial charge in [-0.2, -0.15) is 13.5 Å². The molecular weight excluding hydrogens is 324 g/mol. The van der Waals surface area contributed by atoms with Gasteiger partial charge in [-0.3, -0.25) is 13.9 Å². The van der Waals surface area contributed by atoms with Crippen LogP contribution in [-0.2, 0) is 27.8 Å². The molecule has 2 aliphatic heterocycles. The van der Waals surface area contributed by atoms with Crippen LogP contribution in [0.1, 0.15) is 16.6 Å². The predicted molar refractivity (Wildman–Crippen MR) is 70.7 cm³/mol. The van der Waals surface area contributed by atoms with Gasteiger partial charge in [-0.25, -0.2) is 4.79 Å². The highest BCUT2D eigenvalue weighted by atomic mass is 32.3. The highest BCUT2D eigenvalue weighted by Gasteiger charge is 2.48. The second kappa shape index (κ2) is 4.78. The van der Waals surface area contributed by atoms with Gasteiger partial charge in [0.05, 0.1) is 23.7 Å². The number of urea groups is 1. The minimum absolute atomic E-state index is 0.175. The van der Waals surface area contributed by atoms with E-state index in [1.165, 1.54) is 9.47 Å². The van der Waals surface area contributed by atoms with Gasteiger partial charge >= 0.3 is 21.3 Å². The average molecular weight is 336 g/mol. The minimum atomic E-state index is -4.82. The Hall–Kier alpha value is -1.47. The summed E-state index contributed by atoms with van der Waals surface area (Å²) in [5.74, 6) is 0. The molecule has 3 rings (SSSR count). The molecule has 1 unspecified atom stereocenters. The molecule has 12 heteroatoms. The van der Waals surface area contributed by atoms with Crippen molar-refractivity contribution >= 4 is 27.8 Å². The zero-order chi connectivity index (χ0) is 15.4. The van der Waals surface area contributed by atoms with Crippen LogP contribution in [0.2, 0.25) is 0 Å². The molecule has 0 spiro atoms. The maximum absolute atomic E-state index is 12.0. The molecule has 0 saturated carbocycles. The van der Waals surface area contributed by atoms with Crippen molar-refractivity contribution in [2.75, 3.05) is 13.1 Å². The lowest BCUT2D eigenvalue weighted by Crippen LogP contribution is -2.33. The number of carbonyl (C=O) groups is 1. The molecule has 1 saturated heterocycles. The largest absolute Gasteiger partial charge is 0.418 e. The number of carbonyl (C=O) groups excluding carboxylic acids is 1. The molecule has 2 amide bonds. The maximum atomic E-state index is 12.0. The topological polar surface area (TPSA) is 135 Å². The van der Waals surface area contributed by atoms with Crippen molar-refractivity contribution in [2.45, 2.75) is 19.1 Å². The van der Waals surface area contributed by atoms with E-state index in [4.69, 9.17) is 10.3 Å². The fourth-order valence-corrected chi connectivity index (χ4v) is 4.02. The molecule has 2 bridgehead atoms. The lowest BCUT2D eigenvalue weighted by molar-refractivity contribution is -0.0308. The molecule has 1 fully saturated rings. The Kier molecular flexibility index (Phi) is 3.29. The van der Waals surface area contributed by atoms with Crippen molar-refractivity contribution < 1.29 is 22.0 Å². The first-order chi connectivity index (χ1) is 9.81. The number of aromatic nitrogens is 1. The molecule has 21 heavy (non-hydrogen) atoms. The monoisotopic (exact) mass is 336 g/mol. The van der Waals surface area contributed by atoms with Crippen molar-refractivity contribution in [3.05, 3.63) is 20.2 Å². The fraction of sp³-hybridized carbons (Fsp3) is 0.556. The summed E-state index contributed by atoms with van der Waals surface area (Å²) in [6.07, 6.45) is 0. The number of nitrogens with two attached hydrogens (primary N) is 1. The van der Waals surface area contributed by atoms with Gasteiger partial charge in [-0.05, 0) is 0 Å². The Morgan fingerprint density at radius 2 is 2.14 bits per heavy atom. The Balaban J connectivity index is 2.04. The summed E-state index contributed by atoms with van der Waals surface area (Å²) < 4.78 is 36.3. The SMILES string of the molecule is NCCn1c2c(sc1=O)C1CN(C2)C(=O)N1OS(=O)(=O)O. The van der Waals surface area contributed by atoms with Crippen LogP contribution in [0, 0.1) is 0 Å². The molecule has 0 aliphatic carbocycles. The number of hydroxylamine groups is 2.